The highest BCUT2D eigenvalue weighted by Gasteiger charge is 2.27. The van der Waals surface area contributed by atoms with E-state index in [-0.39, 0.29) is 13.3 Å². The maximum Gasteiger partial charge on any atom is 0.411 e. The number of carbonyl (C=O) groups is 1. The third-order valence-corrected chi connectivity index (χ3v) is 1.57. The van der Waals surface area contributed by atoms with E-state index in [0.717, 1.165) is 4.68 Å². The fraction of sp³-hybridized carbons (Fsp3) is 0.500. The molecule has 0 aliphatic carbocycles. The first kappa shape index (κ1) is 13.3. The van der Waals surface area contributed by atoms with Crippen molar-refractivity contribution in [3.63, 3.8) is 0 Å². The lowest BCUT2D eigenvalue weighted by molar-refractivity contribution is -0.182. The summed E-state index contributed by atoms with van der Waals surface area (Å²) < 4.78 is 40.7. The van der Waals surface area contributed by atoms with Crippen molar-refractivity contribution in [1.82, 2.24) is 9.78 Å². The molecule has 6 nitrogen and oxygen atoms in total. The average molecular weight is 253 g/mol. The van der Waals surface area contributed by atoms with Gasteiger partial charge in [0.05, 0.1) is 18.1 Å². The highest BCUT2D eigenvalue weighted by molar-refractivity contribution is 5.72. The number of ether oxygens (including phenoxy) is 1. The number of nitrogens with zero attached hydrogens (tertiary/aromatic N) is 2. The molecule has 1 aromatic rings. The van der Waals surface area contributed by atoms with Gasteiger partial charge in [0.1, 0.15) is 19.9 Å². The summed E-state index contributed by atoms with van der Waals surface area (Å²) in [6.07, 6.45) is -1.74. The van der Waals surface area contributed by atoms with E-state index in [2.05, 4.69) is 15.2 Å². The molecule has 0 aliphatic rings. The molecule has 0 saturated heterocycles. The van der Waals surface area contributed by atoms with Crippen molar-refractivity contribution >= 4 is 11.7 Å². The molecule has 0 unspecified atom stereocenters. The van der Waals surface area contributed by atoms with E-state index in [0.29, 0.717) is 5.69 Å². The Hall–Kier alpha value is -1.77. The zero-order chi connectivity index (χ0) is 12.9. The molecule has 0 aromatic carbocycles. The van der Waals surface area contributed by atoms with Gasteiger partial charge in [-0.25, -0.2) is 4.68 Å². The minimum absolute atomic E-state index is 0.297. The number of anilines is 1. The highest BCUT2D eigenvalue weighted by atomic mass is 19.4. The van der Waals surface area contributed by atoms with Crippen molar-refractivity contribution < 1.29 is 27.8 Å². The monoisotopic (exact) mass is 253 g/mol. The van der Waals surface area contributed by atoms with E-state index in [4.69, 9.17) is 5.11 Å². The Morgan fingerprint density at radius 3 is 2.88 bits per heavy atom. The van der Waals surface area contributed by atoms with E-state index in [1.54, 1.807) is 0 Å². The highest BCUT2D eigenvalue weighted by Crippen LogP contribution is 2.14. The van der Waals surface area contributed by atoms with Crippen LogP contribution in [0.3, 0.4) is 0 Å². The third-order valence-electron chi connectivity index (χ3n) is 1.57. The SMILES string of the molecule is O=C(O)CNc1cnn(COCC(F)(F)F)c1. The normalized spacial score (nSPS) is 11.5. The van der Waals surface area contributed by atoms with Gasteiger partial charge in [0.2, 0.25) is 0 Å². The van der Waals surface area contributed by atoms with Gasteiger partial charge in [0, 0.05) is 0 Å². The molecule has 1 heterocycles. The first-order valence-corrected chi connectivity index (χ1v) is 4.49. The van der Waals surface area contributed by atoms with Gasteiger partial charge in [0.15, 0.2) is 0 Å². The predicted molar refractivity (Wildman–Crippen MR) is 50.4 cm³/mol. The van der Waals surface area contributed by atoms with Gasteiger partial charge in [-0.15, -0.1) is 0 Å². The average Bonchev–Trinajstić information content (AvgIpc) is 2.61. The molecule has 0 bridgehead atoms. The Kier molecular flexibility index (Phi) is 4.32. The number of aliphatic carboxylic acids is 1. The van der Waals surface area contributed by atoms with Crippen molar-refractivity contribution in [1.29, 1.82) is 0 Å². The molecule has 0 radical (unpaired) electrons. The maximum atomic E-state index is 11.7. The van der Waals surface area contributed by atoms with E-state index in [9.17, 15) is 18.0 Å². The minimum atomic E-state index is -4.38. The number of nitrogens with one attached hydrogen (secondary N) is 1. The molecule has 0 amide bonds. The van der Waals surface area contributed by atoms with Crippen LogP contribution in [0.1, 0.15) is 0 Å². The van der Waals surface area contributed by atoms with Crippen LogP contribution >= 0.6 is 0 Å². The van der Waals surface area contributed by atoms with Crippen molar-refractivity contribution in [3.05, 3.63) is 12.4 Å². The number of carboxylic acid groups (broad SMARTS) is 1. The van der Waals surface area contributed by atoms with Gasteiger partial charge in [-0.3, -0.25) is 4.79 Å². The molecule has 0 atom stereocenters. The molecule has 0 spiro atoms. The summed E-state index contributed by atoms with van der Waals surface area (Å²) in [5.74, 6) is -1.05. The topological polar surface area (TPSA) is 76.4 Å². The van der Waals surface area contributed by atoms with Crippen LogP contribution < -0.4 is 5.32 Å². The Morgan fingerprint density at radius 1 is 1.59 bits per heavy atom. The zero-order valence-electron chi connectivity index (χ0n) is 8.57. The van der Waals surface area contributed by atoms with Gasteiger partial charge in [-0.2, -0.15) is 18.3 Å². The fourth-order valence-electron chi connectivity index (χ4n) is 0.958. The standard InChI is InChI=1S/C8H10F3N3O3/c9-8(10,11)4-17-5-14-3-6(1-13-14)12-2-7(15)16/h1,3,12H,2,4-5H2,(H,15,16). The van der Waals surface area contributed by atoms with E-state index >= 15 is 0 Å². The van der Waals surface area contributed by atoms with Crippen LogP contribution in [0.4, 0.5) is 18.9 Å². The molecule has 2 N–H and O–H groups in total. The summed E-state index contributed by atoms with van der Waals surface area (Å²) in [5, 5.41) is 14.6. The quantitative estimate of drug-likeness (QED) is 0.788. The van der Waals surface area contributed by atoms with Crippen LogP contribution in [0.5, 0.6) is 0 Å². The molecule has 0 aliphatic heterocycles. The summed E-state index contributed by atoms with van der Waals surface area (Å²) in [6.45, 7) is -2.01. The molecule has 96 valence electrons. The molecule has 1 aromatic heterocycles. The van der Waals surface area contributed by atoms with Crippen molar-refractivity contribution in [2.75, 3.05) is 18.5 Å². The minimum Gasteiger partial charge on any atom is -0.480 e. The third kappa shape index (κ3) is 5.76. The second kappa shape index (κ2) is 5.53. The van der Waals surface area contributed by atoms with Gasteiger partial charge >= 0.3 is 12.1 Å². The van der Waals surface area contributed by atoms with Crippen LogP contribution in [0.15, 0.2) is 12.4 Å². The molecular weight excluding hydrogens is 243 g/mol. The first-order valence-electron chi connectivity index (χ1n) is 4.49. The Balaban J connectivity index is 2.33. The first-order chi connectivity index (χ1) is 7.87. The Labute approximate surface area is 94.0 Å². The lowest BCUT2D eigenvalue weighted by Crippen LogP contribution is -2.18. The summed E-state index contributed by atoms with van der Waals surface area (Å²) in [4.78, 5) is 10.2. The predicted octanol–water partition coefficient (Wildman–Crippen LogP) is 0.916. The number of alkyl halides is 3. The molecule has 9 heteroatoms. The van der Waals surface area contributed by atoms with E-state index in [1.807, 2.05) is 0 Å². The van der Waals surface area contributed by atoms with Gasteiger partial charge in [-0.05, 0) is 0 Å². The van der Waals surface area contributed by atoms with Crippen molar-refractivity contribution in [2.45, 2.75) is 12.9 Å². The molecule has 17 heavy (non-hydrogen) atoms. The Morgan fingerprint density at radius 2 is 2.29 bits per heavy atom. The maximum absolute atomic E-state index is 11.7. The number of carboxylic acids is 1. The fourth-order valence-corrected chi connectivity index (χ4v) is 0.958. The van der Waals surface area contributed by atoms with E-state index < -0.39 is 18.8 Å². The number of hydrogen-bond donors (Lipinski definition) is 2. The van der Waals surface area contributed by atoms with Gasteiger partial charge in [-0.1, -0.05) is 0 Å². The van der Waals surface area contributed by atoms with Crippen LogP contribution in [-0.2, 0) is 16.3 Å². The van der Waals surface area contributed by atoms with Gasteiger partial charge < -0.3 is 15.2 Å². The lowest BCUT2D eigenvalue weighted by atomic mass is 10.5. The van der Waals surface area contributed by atoms with Crippen molar-refractivity contribution in [2.24, 2.45) is 0 Å². The molecule has 0 saturated carbocycles. The summed E-state index contributed by atoms with van der Waals surface area (Å²) >= 11 is 0. The van der Waals surface area contributed by atoms with Crippen molar-refractivity contribution in [3.8, 4) is 0 Å². The zero-order valence-corrected chi connectivity index (χ0v) is 8.57. The van der Waals surface area contributed by atoms with Crippen LogP contribution in [0.2, 0.25) is 0 Å². The molecule has 1 rings (SSSR count). The Bertz CT molecular complexity index is 378. The van der Waals surface area contributed by atoms with Crippen LogP contribution in [0.25, 0.3) is 0 Å². The number of halogens is 3. The number of hydrogen-bond acceptors (Lipinski definition) is 4. The second-order valence-electron chi connectivity index (χ2n) is 3.11. The van der Waals surface area contributed by atoms with Crippen LogP contribution in [0, 0.1) is 0 Å². The number of aromatic nitrogens is 2. The molecule has 0 fully saturated rings. The van der Waals surface area contributed by atoms with E-state index in [1.165, 1.54) is 12.4 Å². The van der Waals surface area contributed by atoms with Gasteiger partial charge in [0.25, 0.3) is 0 Å². The lowest BCUT2D eigenvalue weighted by Gasteiger charge is -2.07. The smallest absolute Gasteiger partial charge is 0.411 e. The second-order valence-corrected chi connectivity index (χ2v) is 3.11. The number of rotatable bonds is 6. The summed E-state index contributed by atoms with van der Waals surface area (Å²) in [7, 11) is 0. The summed E-state index contributed by atoms with van der Waals surface area (Å²) in [5.41, 5.74) is 0.392. The molecular formula is C8H10F3N3O3. The summed E-state index contributed by atoms with van der Waals surface area (Å²) in [6, 6.07) is 0. The van der Waals surface area contributed by atoms with Crippen LogP contribution in [-0.4, -0.2) is 40.2 Å². The largest absolute Gasteiger partial charge is 0.480 e.